The third-order valence-electron chi connectivity index (χ3n) is 3.64. The summed E-state index contributed by atoms with van der Waals surface area (Å²) >= 11 is 0. The van der Waals surface area contributed by atoms with E-state index in [0.29, 0.717) is 6.54 Å². The summed E-state index contributed by atoms with van der Waals surface area (Å²) in [6, 6.07) is 15.3. The average molecular weight is 351 g/mol. The molecule has 7 heteroatoms. The number of aryl methyl sites for hydroxylation is 1. The zero-order valence-corrected chi connectivity index (χ0v) is 13.9. The number of hydrogen-bond acceptors (Lipinski definition) is 5. The van der Waals surface area contributed by atoms with E-state index in [1.54, 1.807) is 6.07 Å². The van der Waals surface area contributed by atoms with Gasteiger partial charge in [-0.1, -0.05) is 36.4 Å². The van der Waals surface area contributed by atoms with Crippen molar-refractivity contribution >= 4 is 17.7 Å². The fourth-order valence-corrected chi connectivity index (χ4v) is 2.33. The summed E-state index contributed by atoms with van der Waals surface area (Å²) in [4.78, 5) is 22.2. The number of phenolic OH excluding ortho intramolecular Hbond substituents is 1. The van der Waals surface area contributed by atoms with Gasteiger partial charge in [0, 0.05) is 12.6 Å². The van der Waals surface area contributed by atoms with Gasteiger partial charge in [0.2, 0.25) is 0 Å². The van der Waals surface area contributed by atoms with Gasteiger partial charge >= 0.3 is 5.69 Å². The van der Waals surface area contributed by atoms with Gasteiger partial charge in [0.15, 0.2) is 5.75 Å². The van der Waals surface area contributed by atoms with Crippen molar-refractivity contribution in [2.24, 2.45) is 0 Å². The van der Waals surface area contributed by atoms with Crippen molar-refractivity contribution in [3.63, 3.8) is 0 Å². The van der Waals surface area contributed by atoms with Gasteiger partial charge in [-0.3, -0.25) is 14.9 Å². The summed E-state index contributed by atoms with van der Waals surface area (Å²) < 4.78 is 0. The van der Waals surface area contributed by atoms with E-state index in [1.165, 1.54) is 12.1 Å². The first-order chi connectivity index (χ1) is 12.5. The lowest BCUT2D eigenvalue weighted by molar-refractivity contribution is -0.385. The third kappa shape index (κ3) is 5.18. The maximum absolute atomic E-state index is 12.1. The van der Waals surface area contributed by atoms with E-state index < -0.39 is 22.3 Å². The Morgan fingerprint density at radius 3 is 2.65 bits per heavy atom. The van der Waals surface area contributed by atoms with Gasteiger partial charge in [0.1, 0.15) is 11.6 Å². The summed E-state index contributed by atoms with van der Waals surface area (Å²) in [5.41, 5.74) is 0.795. The number of benzene rings is 2. The van der Waals surface area contributed by atoms with Crippen molar-refractivity contribution in [1.82, 2.24) is 5.32 Å². The second-order valence-corrected chi connectivity index (χ2v) is 5.52. The molecular formula is C19H17N3O4. The highest BCUT2D eigenvalue weighted by atomic mass is 16.6. The minimum absolute atomic E-state index is 0.162. The first kappa shape index (κ1) is 18.7. The molecule has 0 aliphatic heterocycles. The number of amides is 1. The van der Waals surface area contributed by atoms with E-state index in [-0.39, 0.29) is 11.1 Å². The number of nitro groups is 1. The molecule has 0 heterocycles. The van der Waals surface area contributed by atoms with E-state index >= 15 is 0 Å². The SMILES string of the molecule is N#C/C(=C\c1ccc(O)c([N+](=O)[O-])c1)C(=O)NCCCc1ccccc1. The normalized spacial score (nSPS) is 10.8. The summed E-state index contributed by atoms with van der Waals surface area (Å²) in [5.74, 6) is -1.02. The van der Waals surface area contributed by atoms with E-state index in [4.69, 9.17) is 5.26 Å². The molecule has 0 bridgehead atoms. The predicted octanol–water partition coefficient (Wildman–Crippen LogP) is 2.96. The molecule has 2 aromatic rings. The van der Waals surface area contributed by atoms with Crippen LogP contribution in [-0.2, 0) is 11.2 Å². The number of carbonyl (C=O) groups is 1. The second kappa shape index (κ2) is 8.99. The number of hydrogen-bond donors (Lipinski definition) is 2. The van der Waals surface area contributed by atoms with Gasteiger partial charge in [0.25, 0.3) is 5.91 Å². The Morgan fingerprint density at radius 2 is 2.00 bits per heavy atom. The van der Waals surface area contributed by atoms with Crippen molar-refractivity contribution in [1.29, 1.82) is 5.26 Å². The van der Waals surface area contributed by atoms with E-state index in [9.17, 15) is 20.0 Å². The van der Waals surface area contributed by atoms with Gasteiger partial charge in [-0.05, 0) is 36.1 Å². The summed E-state index contributed by atoms with van der Waals surface area (Å²) in [5, 5.41) is 32.1. The quantitative estimate of drug-likeness (QED) is 0.261. The minimum Gasteiger partial charge on any atom is -0.502 e. The number of nitro benzene ring substituents is 1. The molecule has 7 nitrogen and oxygen atoms in total. The van der Waals surface area contributed by atoms with E-state index in [0.717, 1.165) is 30.5 Å². The number of carbonyl (C=O) groups excluding carboxylic acids is 1. The third-order valence-corrected chi connectivity index (χ3v) is 3.64. The van der Waals surface area contributed by atoms with E-state index in [2.05, 4.69) is 5.32 Å². The second-order valence-electron chi connectivity index (χ2n) is 5.52. The lowest BCUT2D eigenvalue weighted by Crippen LogP contribution is -2.25. The standard InChI is InChI=1S/C19H17N3O4/c20-13-16(11-15-8-9-18(23)17(12-15)22(25)26)19(24)21-10-4-7-14-5-2-1-3-6-14/h1-3,5-6,8-9,11-12,23H,4,7,10H2,(H,21,24)/b16-11+. The van der Waals surface area contributed by atoms with Gasteiger partial charge in [-0.2, -0.15) is 5.26 Å². The Kier molecular flexibility index (Phi) is 6.46. The number of aromatic hydroxyl groups is 1. The first-order valence-electron chi connectivity index (χ1n) is 7.92. The highest BCUT2D eigenvalue weighted by molar-refractivity contribution is 6.01. The highest BCUT2D eigenvalue weighted by Gasteiger charge is 2.14. The molecule has 0 aromatic heterocycles. The Bertz CT molecular complexity index is 870. The summed E-state index contributed by atoms with van der Waals surface area (Å²) in [6.07, 6.45) is 2.77. The number of rotatable bonds is 7. The van der Waals surface area contributed by atoms with Gasteiger partial charge in [-0.25, -0.2) is 0 Å². The van der Waals surface area contributed by atoms with Crippen LogP contribution in [0.15, 0.2) is 54.1 Å². The highest BCUT2D eigenvalue weighted by Crippen LogP contribution is 2.27. The Morgan fingerprint density at radius 1 is 1.27 bits per heavy atom. The van der Waals surface area contributed by atoms with Crippen molar-refractivity contribution in [2.45, 2.75) is 12.8 Å². The van der Waals surface area contributed by atoms with Crippen LogP contribution in [0.25, 0.3) is 6.08 Å². The van der Waals surface area contributed by atoms with Crippen LogP contribution < -0.4 is 5.32 Å². The Hall–Kier alpha value is -3.66. The van der Waals surface area contributed by atoms with Crippen LogP contribution in [0.1, 0.15) is 17.5 Å². The van der Waals surface area contributed by atoms with Crippen molar-refractivity contribution in [3.8, 4) is 11.8 Å². The van der Waals surface area contributed by atoms with Gasteiger partial charge in [-0.15, -0.1) is 0 Å². The fourth-order valence-electron chi connectivity index (χ4n) is 2.33. The molecule has 2 aromatic carbocycles. The predicted molar refractivity (Wildman–Crippen MR) is 96.1 cm³/mol. The molecule has 0 spiro atoms. The number of nitrogens with one attached hydrogen (secondary N) is 1. The molecule has 132 valence electrons. The van der Waals surface area contributed by atoms with Crippen LogP contribution in [-0.4, -0.2) is 22.5 Å². The van der Waals surface area contributed by atoms with Crippen LogP contribution in [0.2, 0.25) is 0 Å². The zero-order chi connectivity index (χ0) is 18.9. The molecule has 0 fully saturated rings. The molecule has 0 aliphatic rings. The largest absolute Gasteiger partial charge is 0.502 e. The molecule has 0 radical (unpaired) electrons. The lowest BCUT2D eigenvalue weighted by atomic mass is 10.1. The fraction of sp³-hybridized carbons (Fsp3) is 0.158. The molecular weight excluding hydrogens is 334 g/mol. The number of nitrogens with zero attached hydrogens (tertiary/aromatic N) is 2. The maximum Gasteiger partial charge on any atom is 0.311 e. The average Bonchev–Trinajstić information content (AvgIpc) is 2.65. The number of nitriles is 1. The molecule has 0 saturated carbocycles. The smallest absolute Gasteiger partial charge is 0.311 e. The first-order valence-corrected chi connectivity index (χ1v) is 7.92. The van der Waals surface area contributed by atoms with Crippen LogP contribution in [0.5, 0.6) is 5.75 Å². The summed E-state index contributed by atoms with van der Waals surface area (Å²) in [7, 11) is 0. The lowest BCUT2D eigenvalue weighted by Gasteiger charge is -2.05. The van der Waals surface area contributed by atoms with Crippen molar-refractivity contribution in [2.75, 3.05) is 6.54 Å². The van der Waals surface area contributed by atoms with Crippen LogP contribution in [0, 0.1) is 21.4 Å². The molecule has 0 saturated heterocycles. The molecule has 0 atom stereocenters. The monoisotopic (exact) mass is 351 g/mol. The summed E-state index contributed by atoms with van der Waals surface area (Å²) in [6.45, 7) is 0.405. The van der Waals surface area contributed by atoms with Crippen LogP contribution in [0.3, 0.4) is 0 Å². The van der Waals surface area contributed by atoms with Gasteiger partial charge in [0.05, 0.1) is 4.92 Å². The molecule has 0 aliphatic carbocycles. The molecule has 1 amide bonds. The topological polar surface area (TPSA) is 116 Å². The van der Waals surface area contributed by atoms with Crippen molar-refractivity contribution < 1.29 is 14.8 Å². The number of phenols is 1. The maximum atomic E-state index is 12.1. The minimum atomic E-state index is -0.734. The molecule has 2 rings (SSSR count). The van der Waals surface area contributed by atoms with Crippen LogP contribution in [0.4, 0.5) is 5.69 Å². The molecule has 26 heavy (non-hydrogen) atoms. The van der Waals surface area contributed by atoms with Gasteiger partial charge < -0.3 is 10.4 Å². The molecule has 0 unspecified atom stereocenters. The van der Waals surface area contributed by atoms with Crippen molar-refractivity contribution in [3.05, 3.63) is 75.3 Å². The Labute approximate surface area is 150 Å². The van der Waals surface area contributed by atoms with E-state index in [1.807, 2.05) is 30.3 Å². The Balaban J connectivity index is 1.98. The molecule has 2 N–H and O–H groups in total. The zero-order valence-electron chi connectivity index (χ0n) is 13.9. The van der Waals surface area contributed by atoms with Crippen LogP contribution >= 0.6 is 0 Å².